The fourth-order valence-corrected chi connectivity index (χ4v) is 7.24. The first-order valence-electron chi connectivity index (χ1n) is 18.0. The Hall–Kier alpha value is -4.94. The summed E-state index contributed by atoms with van der Waals surface area (Å²) in [6.07, 6.45) is 4.60. The number of carbonyl (C=O) groups excluding carboxylic acids is 3. The Morgan fingerprint density at radius 3 is 2.31 bits per heavy atom. The second kappa shape index (κ2) is 15.9. The first-order chi connectivity index (χ1) is 24.6. The molecule has 2 aliphatic rings. The largest absolute Gasteiger partial charge is 0.349 e. The third kappa shape index (κ3) is 8.87. The number of H-pyrrole nitrogens is 1. The molecule has 12 heteroatoms. The zero-order valence-corrected chi connectivity index (χ0v) is 29.7. The summed E-state index contributed by atoms with van der Waals surface area (Å²) in [5.41, 5.74) is 11.8. The van der Waals surface area contributed by atoms with Crippen molar-refractivity contribution >= 4 is 23.4 Å². The second-order valence-corrected chi connectivity index (χ2v) is 14.7. The summed E-state index contributed by atoms with van der Waals surface area (Å²) < 4.78 is 0. The number of carbonyl (C=O) groups is 3. The molecule has 0 bridgehead atoms. The highest BCUT2D eigenvalue weighted by Gasteiger charge is 2.33. The number of aromatic nitrogens is 4. The maximum atomic E-state index is 13.7. The summed E-state index contributed by atoms with van der Waals surface area (Å²) in [5, 5.41) is 26.7. The Morgan fingerprint density at radius 1 is 0.941 bits per heavy atom. The van der Waals surface area contributed by atoms with Crippen LogP contribution in [0.15, 0.2) is 66.7 Å². The molecule has 2 heterocycles. The summed E-state index contributed by atoms with van der Waals surface area (Å²) in [6.45, 7) is 8.77. The van der Waals surface area contributed by atoms with Crippen molar-refractivity contribution in [3.05, 3.63) is 83.4 Å². The van der Waals surface area contributed by atoms with Gasteiger partial charge in [0, 0.05) is 41.7 Å². The first-order valence-corrected chi connectivity index (χ1v) is 18.0. The lowest BCUT2D eigenvalue weighted by molar-refractivity contribution is -0.130. The topological polar surface area (TPSA) is 180 Å². The molecule has 1 aliphatic carbocycles. The van der Waals surface area contributed by atoms with Crippen molar-refractivity contribution in [2.75, 3.05) is 25.0 Å². The van der Waals surface area contributed by atoms with Crippen molar-refractivity contribution < 1.29 is 14.4 Å². The van der Waals surface area contributed by atoms with Gasteiger partial charge in [0.1, 0.15) is 6.04 Å². The van der Waals surface area contributed by atoms with Crippen molar-refractivity contribution in [3.8, 4) is 22.5 Å². The molecule has 0 radical (unpaired) electrons. The molecule has 2 atom stereocenters. The number of hydrogen-bond acceptors (Lipinski definition) is 8. The molecule has 12 nitrogen and oxygen atoms in total. The van der Waals surface area contributed by atoms with Gasteiger partial charge < -0.3 is 27.0 Å². The monoisotopic (exact) mass is 691 g/mol. The maximum absolute atomic E-state index is 13.7. The molecule has 6 rings (SSSR count). The van der Waals surface area contributed by atoms with Gasteiger partial charge in [0.2, 0.25) is 17.6 Å². The second-order valence-electron chi connectivity index (χ2n) is 14.7. The van der Waals surface area contributed by atoms with Crippen molar-refractivity contribution in [2.45, 2.75) is 71.4 Å². The van der Waals surface area contributed by atoms with Crippen LogP contribution in [0.25, 0.3) is 22.5 Å². The van der Waals surface area contributed by atoms with Crippen LogP contribution in [0.4, 0.5) is 5.69 Å². The lowest BCUT2D eigenvalue weighted by Crippen LogP contribution is -2.54. The van der Waals surface area contributed by atoms with Gasteiger partial charge in [-0.2, -0.15) is 5.21 Å². The van der Waals surface area contributed by atoms with Crippen LogP contribution in [0.3, 0.4) is 0 Å². The molecule has 0 spiro atoms. The molecule has 268 valence electrons. The van der Waals surface area contributed by atoms with Gasteiger partial charge in [-0.3, -0.25) is 14.4 Å². The number of aromatic amines is 1. The summed E-state index contributed by atoms with van der Waals surface area (Å²) >= 11 is 0. The predicted octanol–water partition coefficient (Wildman–Crippen LogP) is 4.39. The van der Waals surface area contributed by atoms with Gasteiger partial charge >= 0.3 is 0 Å². The third-order valence-corrected chi connectivity index (χ3v) is 10.6. The Kier molecular flexibility index (Phi) is 11.2. The Bertz CT molecular complexity index is 1800. The molecule has 1 saturated heterocycles. The van der Waals surface area contributed by atoms with Gasteiger partial charge in [-0.05, 0) is 127 Å². The highest BCUT2D eigenvalue weighted by molar-refractivity contribution is 5.98. The lowest BCUT2D eigenvalue weighted by Gasteiger charge is -2.39. The highest BCUT2D eigenvalue weighted by Crippen LogP contribution is 2.30. The van der Waals surface area contributed by atoms with Crippen LogP contribution in [-0.4, -0.2) is 70.1 Å². The van der Waals surface area contributed by atoms with E-state index in [0.717, 1.165) is 73.0 Å². The van der Waals surface area contributed by atoms with Crippen LogP contribution in [0.5, 0.6) is 0 Å². The molecule has 1 aromatic heterocycles. The van der Waals surface area contributed by atoms with E-state index >= 15 is 0 Å². The Balaban J connectivity index is 1.14. The van der Waals surface area contributed by atoms with Crippen LogP contribution in [0, 0.1) is 24.2 Å². The first kappa shape index (κ1) is 35.9. The van der Waals surface area contributed by atoms with Gasteiger partial charge in [0.25, 0.3) is 5.91 Å². The van der Waals surface area contributed by atoms with Gasteiger partial charge in [-0.1, -0.05) is 44.2 Å². The standard InChI is InChI=1S/C39H49N9O3/c1-24-20-30(37(50)44-34-18-19-41-23-39(34,2)3)14-17-32(24)27-8-4-25(5-9-27)21-33(43-36(49)29-10-6-26(22-40)7-11-29)38(51)42-31-15-12-28(13-16-31)35-45-47-48-46-35/h4-5,8-9,12-17,20,26,29,33-34,41H,6-7,10-11,18-19,21-23,40H2,1-3H3,(H,42,51)(H,43,49)(H,44,50)(H,45,46,47,48). The van der Waals surface area contributed by atoms with Gasteiger partial charge in [0.15, 0.2) is 0 Å². The number of nitrogens with zero attached hydrogens (tertiary/aromatic N) is 3. The summed E-state index contributed by atoms with van der Waals surface area (Å²) in [5.74, 6) is 0.316. The normalized spacial score (nSPS) is 20.6. The van der Waals surface area contributed by atoms with E-state index in [0.29, 0.717) is 36.0 Å². The number of anilines is 1. The molecule has 1 saturated carbocycles. The van der Waals surface area contributed by atoms with E-state index in [-0.39, 0.29) is 35.1 Å². The zero-order valence-electron chi connectivity index (χ0n) is 29.7. The average Bonchev–Trinajstić information content (AvgIpc) is 3.68. The van der Waals surface area contributed by atoms with E-state index in [1.165, 1.54) is 0 Å². The fraction of sp³-hybridized carbons (Fsp3) is 0.436. The van der Waals surface area contributed by atoms with Crippen molar-refractivity contribution in [1.82, 2.24) is 36.6 Å². The quantitative estimate of drug-likeness (QED) is 0.134. The third-order valence-electron chi connectivity index (χ3n) is 10.6. The fourth-order valence-electron chi connectivity index (χ4n) is 7.24. The van der Waals surface area contributed by atoms with E-state index in [1.807, 2.05) is 49.4 Å². The number of tetrazole rings is 1. The molecular formula is C39H49N9O3. The molecule has 7 N–H and O–H groups in total. The predicted molar refractivity (Wildman–Crippen MR) is 198 cm³/mol. The number of nitrogens with one attached hydrogen (secondary N) is 5. The number of benzene rings is 3. The van der Waals surface area contributed by atoms with Crippen molar-refractivity contribution in [2.24, 2.45) is 23.0 Å². The number of aryl methyl sites for hydroxylation is 1. The smallest absolute Gasteiger partial charge is 0.251 e. The van der Waals surface area contributed by atoms with Gasteiger partial charge in [-0.15, -0.1) is 10.2 Å². The molecule has 2 unspecified atom stereocenters. The van der Waals surface area contributed by atoms with E-state index in [4.69, 9.17) is 5.73 Å². The van der Waals surface area contributed by atoms with E-state index in [2.05, 4.69) is 55.7 Å². The molecule has 3 aromatic carbocycles. The van der Waals surface area contributed by atoms with Gasteiger partial charge in [-0.25, -0.2) is 0 Å². The Labute approximate surface area is 299 Å². The van der Waals surface area contributed by atoms with Crippen molar-refractivity contribution in [3.63, 3.8) is 0 Å². The van der Waals surface area contributed by atoms with Crippen molar-refractivity contribution in [1.29, 1.82) is 0 Å². The van der Waals surface area contributed by atoms with Crippen LogP contribution in [-0.2, 0) is 16.0 Å². The molecule has 2 fully saturated rings. The molecular weight excluding hydrogens is 642 g/mol. The summed E-state index contributed by atoms with van der Waals surface area (Å²) in [4.78, 5) is 40.3. The minimum absolute atomic E-state index is 0.0143. The van der Waals surface area contributed by atoms with Crippen LogP contribution >= 0.6 is 0 Å². The van der Waals surface area contributed by atoms with Crippen LogP contribution in [0.1, 0.15) is 67.4 Å². The molecule has 51 heavy (non-hydrogen) atoms. The Morgan fingerprint density at radius 2 is 1.67 bits per heavy atom. The summed E-state index contributed by atoms with van der Waals surface area (Å²) in [7, 11) is 0. The molecule has 3 amide bonds. The minimum atomic E-state index is -0.781. The lowest BCUT2D eigenvalue weighted by atomic mass is 9.80. The SMILES string of the molecule is Cc1cc(C(=O)NC2CCNCC2(C)C)ccc1-c1ccc(CC(NC(=O)C2CCC(CN)CC2)C(=O)Nc2ccc(-c3nn[nH]n3)cc2)cc1. The van der Waals surface area contributed by atoms with E-state index in [1.54, 1.807) is 24.3 Å². The number of hydrogen-bond donors (Lipinski definition) is 6. The zero-order chi connectivity index (χ0) is 36.0. The van der Waals surface area contributed by atoms with Crippen LogP contribution < -0.4 is 27.0 Å². The summed E-state index contributed by atoms with van der Waals surface area (Å²) in [6, 6.07) is 20.3. The molecule has 4 aromatic rings. The number of piperidine rings is 1. The number of nitrogens with two attached hydrogens (primary N) is 1. The van der Waals surface area contributed by atoms with Crippen LogP contribution in [0.2, 0.25) is 0 Å². The van der Waals surface area contributed by atoms with E-state index < -0.39 is 6.04 Å². The minimum Gasteiger partial charge on any atom is -0.349 e. The number of amides is 3. The molecule has 1 aliphatic heterocycles. The average molecular weight is 692 g/mol. The number of rotatable bonds is 11. The van der Waals surface area contributed by atoms with E-state index in [9.17, 15) is 14.4 Å². The maximum Gasteiger partial charge on any atom is 0.251 e. The highest BCUT2D eigenvalue weighted by atomic mass is 16.2. The van der Waals surface area contributed by atoms with Gasteiger partial charge in [0.05, 0.1) is 0 Å².